The number of ether oxygens (including phenoxy) is 1. The molecule has 1 aromatic heterocycles. The van der Waals surface area contributed by atoms with E-state index in [9.17, 15) is 4.79 Å². The van der Waals surface area contributed by atoms with Gasteiger partial charge in [0, 0.05) is 17.6 Å². The van der Waals surface area contributed by atoms with Crippen LogP contribution in [-0.4, -0.2) is 40.4 Å². The van der Waals surface area contributed by atoms with Gasteiger partial charge < -0.3 is 10.1 Å². The molecular formula is C14H21N3O2S. The lowest BCUT2D eigenvalue weighted by Crippen LogP contribution is -2.56. The van der Waals surface area contributed by atoms with Crippen molar-refractivity contribution in [2.75, 3.05) is 13.7 Å². The molecule has 0 spiro atoms. The summed E-state index contributed by atoms with van der Waals surface area (Å²) >= 11 is 1.65. The highest BCUT2D eigenvalue weighted by molar-refractivity contribution is 7.99. The second-order valence-corrected chi connectivity index (χ2v) is 6.24. The van der Waals surface area contributed by atoms with E-state index < -0.39 is 5.54 Å². The fourth-order valence-electron chi connectivity index (χ4n) is 2.77. The number of nitrogens with zero attached hydrogens (tertiary/aromatic N) is 2. The second-order valence-electron chi connectivity index (χ2n) is 4.97. The number of aromatic nitrogens is 2. The van der Waals surface area contributed by atoms with Crippen LogP contribution in [0.2, 0.25) is 0 Å². The molecule has 5 nitrogen and oxygen atoms in total. The number of nitrogens with one attached hydrogen (secondary N) is 1. The Morgan fingerprint density at radius 2 is 2.30 bits per heavy atom. The van der Waals surface area contributed by atoms with Crippen LogP contribution in [0.25, 0.3) is 0 Å². The molecule has 1 N–H and O–H groups in total. The molecule has 1 aliphatic carbocycles. The van der Waals surface area contributed by atoms with Crippen molar-refractivity contribution in [1.82, 2.24) is 15.3 Å². The SMILES string of the molecule is CCNC1(C(=O)OC)CCCC(Sc2ncccn2)C1. The predicted molar refractivity (Wildman–Crippen MR) is 78.6 cm³/mol. The summed E-state index contributed by atoms with van der Waals surface area (Å²) in [6.07, 6.45) is 7.17. The second kappa shape index (κ2) is 7.04. The number of hydrogen-bond donors (Lipinski definition) is 1. The van der Waals surface area contributed by atoms with Gasteiger partial charge in [0.25, 0.3) is 0 Å². The molecule has 0 saturated heterocycles. The van der Waals surface area contributed by atoms with Crippen molar-refractivity contribution in [3.05, 3.63) is 18.5 Å². The molecule has 2 unspecified atom stereocenters. The zero-order chi connectivity index (χ0) is 14.4. The normalized spacial score (nSPS) is 26.2. The highest BCUT2D eigenvalue weighted by Gasteiger charge is 2.43. The van der Waals surface area contributed by atoms with Crippen LogP contribution in [0.1, 0.15) is 32.6 Å². The summed E-state index contributed by atoms with van der Waals surface area (Å²) in [6, 6.07) is 1.81. The molecule has 1 aromatic rings. The van der Waals surface area contributed by atoms with Gasteiger partial charge in [-0.25, -0.2) is 9.97 Å². The summed E-state index contributed by atoms with van der Waals surface area (Å²) in [6.45, 7) is 2.77. The topological polar surface area (TPSA) is 64.1 Å². The van der Waals surface area contributed by atoms with Crippen molar-refractivity contribution < 1.29 is 9.53 Å². The van der Waals surface area contributed by atoms with Crippen LogP contribution < -0.4 is 5.32 Å². The van der Waals surface area contributed by atoms with E-state index in [2.05, 4.69) is 15.3 Å². The lowest BCUT2D eigenvalue weighted by Gasteiger charge is -2.38. The van der Waals surface area contributed by atoms with E-state index in [4.69, 9.17) is 4.74 Å². The Morgan fingerprint density at radius 3 is 2.95 bits per heavy atom. The van der Waals surface area contributed by atoms with Crippen LogP contribution in [0, 0.1) is 0 Å². The minimum absolute atomic E-state index is 0.154. The zero-order valence-corrected chi connectivity index (χ0v) is 12.8. The third kappa shape index (κ3) is 3.49. The van der Waals surface area contributed by atoms with E-state index in [0.29, 0.717) is 5.25 Å². The van der Waals surface area contributed by atoms with Crippen LogP contribution in [-0.2, 0) is 9.53 Å². The minimum Gasteiger partial charge on any atom is -0.468 e. The number of carbonyl (C=O) groups is 1. The largest absolute Gasteiger partial charge is 0.468 e. The van der Waals surface area contributed by atoms with Crippen molar-refractivity contribution in [2.45, 2.75) is 48.6 Å². The van der Waals surface area contributed by atoms with Gasteiger partial charge in [-0.2, -0.15) is 0 Å². The molecule has 2 atom stereocenters. The summed E-state index contributed by atoms with van der Waals surface area (Å²) in [4.78, 5) is 20.6. The number of methoxy groups -OCH3 is 1. The molecule has 0 aromatic carbocycles. The van der Waals surface area contributed by atoms with Gasteiger partial charge in [0.2, 0.25) is 0 Å². The maximum atomic E-state index is 12.2. The van der Waals surface area contributed by atoms with E-state index in [0.717, 1.165) is 37.4 Å². The van der Waals surface area contributed by atoms with Gasteiger partial charge in [-0.1, -0.05) is 18.7 Å². The van der Waals surface area contributed by atoms with Crippen LogP contribution >= 0.6 is 11.8 Å². The van der Waals surface area contributed by atoms with Gasteiger partial charge in [0.05, 0.1) is 7.11 Å². The number of esters is 1. The number of thioether (sulfide) groups is 1. The predicted octanol–water partition coefficient (Wildman–Crippen LogP) is 2.03. The van der Waals surface area contributed by atoms with Gasteiger partial charge in [0.15, 0.2) is 5.16 Å². The van der Waals surface area contributed by atoms with Crippen LogP contribution in [0.15, 0.2) is 23.6 Å². The number of likely N-dealkylation sites (N-methyl/N-ethyl adjacent to an activating group) is 1. The molecule has 2 rings (SSSR count). The smallest absolute Gasteiger partial charge is 0.326 e. The van der Waals surface area contributed by atoms with E-state index in [1.807, 2.05) is 13.0 Å². The Labute approximate surface area is 123 Å². The lowest BCUT2D eigenvalue weighted by molar-refractivity contribution is -0.150. The number of hydrogen-bond acceptors (Lipinski definition) is 6. The molecule has 6 heteroatoms. The third-order valence-electron chi connectivity index (χ3n) is 3.61. The molecule has 0 bridgehead atoms. The quantitative estimate of drug-likeness (QED) is 0.662. The molecular weight excluding hydrogens is 274 g/mol. The fraction of sp³-hybridized carbons (Fsp3) is 0.643. The monoisotopic (exact) mass is 295 g/mol. The standard InChI is InChI=1S/C14H21N3O2S/c1-3-17-14(12(18)19-2)7-4-6-11(10-14)20-13-15-8-5-9-16-13/h5,8-9,11,17H,3-4,6-7,10H2,1-2H3. The van der Waals surface area contributed by atoms with E-state index in [-0.39, 0.29) is 5.97 Å². The Balaban J connectivity index is 2.07. The maximum absolute atomic E-state index is 12.2. The van der Waals surface area contributed by atoms with Gasteiger partial charge >= 0.3 is 5.97 Å². The van der Waals surface area contributed by atoms with E-state index >= 15 is 0 Å². The molecule has 0 amide bonds. The molecule has 110 valence electrons. The molecule has 0 radical (unpaired) electrons. The van der Waals surface area contributed by atoms with Crippen molar-refractivity contribution in [2.24, 2.45) is 0 Å². The highest BCUT2D eigenvalue weighted by atomic mass is 32.2. The van der Waals surface area contributed by atoms with Gasteiger partial charge in [0.1, 0.15) is 5.54 Å². The van der Waals surface area contributed by atoms with Crippen LogP contribution in [0.4, 0.5) is 0 Å². The Morgan fingerprint density at radius 1 is 1.55 bits per heavy atom. The van der Waals surface area contributed by atoms with Crippen molar-refractivity contribution >= 4 is 17.7 Å². The minimum atomic E-state index is -0.547. The van der Waals surface area contributed by atoms with Crippen LogP contribution in [0.3, 0.4) is 0 Å². The summed E-state index contributed by atoms with van der Waals surface area (Å²) in [7, 11) is 1.46. The van der Waals surface area contributed by atoms with Gasteiger partial charge in [-0.3, -0.25) is 4.79 Å². The van der Waals surface area contributed by atoms with E-state index in [1.54, 1.807) is 24.2 Å². The van der Waals surface area contributed by atoms with Crippen molar-refractivity contribution in [3.8, 4) is 0 Å². The average molecular weight is 295 g/mol. The molecule has 1 heterocycles. The molecule has 1 aliphatic rings. The summed E-state index contributed by atoms with van der Waals surface area (Å²) in [5, 5.41) is 4.45. The third-order valence-corrected chi connectivity index (χ3v) is 4.77. The summed E-state index contributed by atoms with van der Waals surface area (Å²) in [5.41, 5.74) is -0.547. The fourth-order valence-corrected chi connectivity index (χ4v) is 3.97. The Kier molecular flexibility index (Phi) is 5.37. The van der Waals surface area contributed by atoms with Crippen LogP contribution in [0.5, 0.6) is 0 Å². The number of rotatable bonds is 5. The van der Waals surface area contributed by atoms with Gasteiger partial charge in [-0.15, -0.1) is 0 Å². The number of carbonyl (C=O) groups excluding carboxylic acids is 1. The summed E-state index contributed by atoms with van der Waals surface area (Å²) < 4.78 is 5.00. The summed E-state index contributed by atoms with van der Waals surface area (Å²) in [5.74, 6) is -0.154. The maximum Gasteiger partial charge on any atom is 0.326 e. The first-order valence-corrected chi connectivity index (χ1v) is 7.85. The first-order chi connectivity index (χ1) is 9.70. The molecule has 20 heavy (non-hydrogen) atoms. The Bertz CT molecular complexity index is 439. The highest BCUT2D eigenvalue weighted by Crippen LogP contribution is 2.37. The van der Waals surface area contributed by atoms with Crippen molar-refractivity contribution in [1.29, 1.82) is 0 Å². The lowest BCUT2D eigenvalue weighted by atomic mass is 9.81. The first kappa shape index (κ1) is 15.3. The zero-order valence-electron chi connectivity index (χ0n) is 12.0. The van der Waals surface area contributed by atoms with E-state index in [1.165, 1.54) is 7.11 Å². The average Bonchev–Trinajstić information content (AvgIpc) is 2.48. The first-order valence-electron chi connectivity index (χ1n) is 6.97. The molecule has 1 saturated carbocycles. The van der Waals surface area contributed by atoms with Crippen molar-refractivity contribution in [3.63, 3.8) is 0 Å². The Hall–Kier alpha value is -1.14. The molecule has 1 fully saturated rings. The van der Waals surface area contributed by atoms with Gasteiger partial charge in [-0.05, 0) is 38.3 Å². The molecule has 0 aliphatic heterocycles.